The lowest BCUT2D eigenvalue weighted by molar-refractivity contribution is -0.172. The Hall–Kier alpha value is -2.17. The summed E-state index contributed by atoms with van der Waals surface area (Å²) in [6, 6.07) is 19.1. The van der Waals surface area contributed by atoms with Crippen LogP contribution in [0.1, 0.15) is 57.6 Å². The van der Waals surface area contributed by atoms with Crippen LogP contribution < -0.4 is 0 Å². The summed E-state index contributed by atoms with van der Waals surface area (Å²) in [5.41, 5.74) is -0.615. The van der Waals surface area contributed by atoms with E-state index >= 15 is 0 Å². The molecule has 2 fully saturated rings. The van der Waals surface area contributed by atoms with Crippen LogP contribution in [0.5, 0.6) is 0 Å². The summed E-state index contributed by atoms with van der Waals surface area (Å²) in [4.78, 5) is 16.0. The second-order valence-corrected chi connectivity index (χ2v) is 9.40. The monoisotopic (exact) mass is 393 g/mol. The third-order valence-corrected chi connectivity index (χ3v) is 6.42. The number of carbonyl (C=O) groups is 1. The van der Waals surface area contributed by atoms with Crippen LogP contribution in [0.25, 0.3) is 0 Å². The summed E-state index contributed by atoms with van der Waals surface area (Å²) in [6.45, 7) is 6.77. The van der Waals surface area contributed by atoms with E-state index in [9.17, 15) is 9.90 Å². The topological polar surface area (TPSA) is 49.8 Å². The molecule has 2 aliphatic rings. The number of piperidine rings is 1. The van der Waals surface area contributed by atoms with E-state index in [4.69, 9.17) is 4.74 Å². The van der Waals surface area contributed by atoms with Crippen molar-refractivity contribution in [3.63, 3.8) is 0 Å². The molecule has 4 heteroatoms. The predicted octanol–water partition coefficient (Wildman–Crippen LogP) is 4.26. The average molecular weight is 394 g/mol. The molecule has 0 spiro atoms. The molecule has 1 N–H and O–H groups in total. The molecule has 0 radical (unpaired) electrons. The first-order chi connectivity index (χ1) is 13.8. The predicted molar refractivity (Wildman–Crippen MR) is 113 cm³/mol. The normalized spacial score (nSPS) is 25.0. The molecule has 2 atom stereocenters. The van der Waals surface area contributed by atoms with Crippen LogP contribution in [0.3, 0.4) is 0 Å². The molecule has 2 aliphatic heterocycles. The molecule has 0 aromatic heterocycles. The van der Waals surface area contributed by atoms with E-state index in [0.29, 0.717) is 23.2 Å². The Balaban J connectivity index is 1.58. The van der Waals surface area contributed by atoms with Crippen LogP contribution >= 0.6 is 0 Å². The number of hydrogen-bond acceptors (Lipinski definition) is 4. The third kappa shape index (κ3) is 3.72. The molecule has 2 bridgehead atoms. The molecule has 0 amide bonds. The van der Waals surface area contributed by atoms with E-state index in [-0.39, 0.29) is 11.6 Å². The van der Waals surface area contributed by atoms with Crippen molar-refractivity contribution in [3.8, 4) is 0 Å². The van der Waals surface area contributed by atoms with Crippen LogP contribution in [0, 0.1) is 0 Å². The highest BCUT2D eigenvalue weighted by molar-refractivity contribution is 5.85. The largest absolute Gasteiger partial charge is 0.460 e. The SMILES string of the molecule is CC(C)(C)N1C2CCC1CC(OC(=O)C(O)(c1ccccc1)c1ccccc1)C2. The third-order valence-electron chi connectivity index (χ3n) is 6.42. The molecule has 2 saturated heterocycles. The van der Waals surface area contributed by atoms with Gasteiger partial charge in [-0.2, -0.15) is 0 Å². The number of ether oxygens (including phenoxy) is 1. The van der Waals surface area contributed by atoms with Gasteiger partial charge in [0.1, 0.15) is 6.10 Å². The second-order valence-electron chi connectivity index (χ2n) is 9.40. The maximum atomic E-state index is 13.4. The Labute approximate surface area is 173 Å². The Kier molecular flexibility index (Phi) is 5.26. The molecule has 4 nitrogen and oxygen atoms in total. The Morgan fingerprint density at radius 3 is 1.76 bits per heavy atom. The molecule has 0 saturated carbocycles. The number of nitrogens with zero attached hydrogens (tertiary/aromatic N) is 1. The van der Waals surface area contributed by atoms with Crippen molar-refractivity contribution >= 4 is 5.97 Å². The van der Waals surface area contributed by atoms with E-state index in [1.165, 1.54) is 0 Å². The van der Waals surface area contributed by atoms with Gasteiger partial charge < -0.3 is 9.84 Å². The van der Waals surface area contributed by atoms with Gasteiger partial charge in [-0.25, -0.2) is 4.79 Å². The number of benzene rings is 2. The summed E-state index contributed by atoms with van der Waals surface area (Å²) in [6.07, 6.45) is 3.81. The lowest BCUT2D eigenvalue weighted by atomic mass is 9.86. The molecule has 154 valence electrons. The van der Waals surface area contributed by atoms with Gasteiger partial charge in [0.2, 0.25) is 5.60 Å². The van der Waals surface area contributed by atoms with Crippen molar-refractivity contribution in [2.45, 2.75) is 75.8 Å². The molecule has 2 aromatic rings. The fourth-order valence-corrected chi connectivity index (χ4v) is 5.32. The highest BCUT2D eigenvalue weighted by Gasteiger charge is 2.48. The lowest BCUT2D eigenvalue weighted by Gasteiger charge is -2.46. The Morgan fingerprint density at radius 2 is 1.34 bits per heavy atom. The zero-order chi connectivity index (χ0) is 20.6. The average Bonchev–Trinajstić information content (AvgIpc) is 3.01. The quantitative estimate of drug-likeness (QED) is 0.789. The first-order valence-corrected chi connectivity index (χ1v) is 10.6. The van der Waals surface area contributed by atoms with Crippen LogP contribution in [-0.4, -0.2) is 39.7 Å². The number of carbonyl (C=O) groups excluding carboxylic acids is 1. The van der Waals surface area contributed by atoms with Crippen molar-refractivity contribution in [2.75, 3.05) is 0 Å². The highest BCUT2D eigenvalue weighted by atomic mass is 16.6. The molecule has 29 heavy (non-hydrogen) atoms. The van der Waals surface area contributed by atoms with Gasteiger partial charge in [-0.15, -0.1) is 0 Å². The number of hydrogen-bond donors (Lipinski definition) is 1. The summed E-state index contributed by atoms with van der Waals surface area (Å²) in [5.74, 6) is -0.580. The number of fused-ring (bicyclic) bond motifs is 2. The number of aliphatic hydroxyl groups is 1. The van der Waals surface area contributed by atoms with Crippen molar-refractivity contribution in [3.05, 3.63) is 71.8 Å². The minimum atomic E-state index is -1.80. The van der Waals surface area contributed by atoms with Gasteiger partial charge >= 0.3 is 5.97 Å². The van der Waals surface area contributed by atoms with Crippen molar-refractivity contribution in [2.24, 2.45) is 0 Å². The first-order valence-electron chi connectivity index (χ1n) is 10.6. The summed E-state index contributed by atoms with van der Waals surface area (Å²) in [5, 5.41) is 11.6. The van der Waals surface area contributed by atoms with Crippen molar-refractivity contribution in [1.82, 2.24) is 4.90 Å². The second kappa shape index (κ2) is 7.58. The van der Waals surface area contributed by atoms with Gasteiger partial charge in [-0.3, -0.25) is 4.90 Å². The molecular weight excluding hydrogens is 362 g/mol. The smallest absolute Gasteiger partial charge is 0.347 e. The van der Waals surface area contributed by atoms with E-state index in [0.717, 1.165) is 25.7 Å². The number of rotatable bonds is 4. The van der Waals surface area contributed by atoms with E-state index in [2.05, 4.69) is 25.7 Å². The van der Waals surface area contributed by atoms with Crippen LogP contribution in [0.2, 0.25) is 0 Å². The maximum absolute atomic E-state index is 13.4. The fourth-order valence-electron chi connectivity index (χ4n) is 5.32. The van der Waals surface area contributed by atoms with Gasteiger partial charge in [-0.1, -0.05) is 60.7 Å². The standard InChI is InChI=1S/C25H31NO3/c1-24(2,3)26-20-14-15-21(26)17-22(16-20)29-23(27)25(28,18-10-6-4-7-11-18)19-12-8-5-9-13-19/h4-13,20-22,28H,14-17H2,1-3H3. The van der Waals surface area contributed by atoms with Crippen molar-refractivity contribution in [1.29, 1.82) is 0 Å². The minimum Gasteiger partial charge on any atom is -0.460 e. The zero-order valence-electron chi connectivity index (χ0n) is 17.5. The number of esters is 1. The zero-order valence-corrected chi connectivity index (χ0v) is 17.5. The van der Waals surface area contributed by atoms with E-state index in [1.807, 2.05) is 36.4 Å². The molecule has 4 rings (SSSR count). The molecule has 2 heterocycles. The summed E-state index contributed by atoms with van der Waals surface area (Å²) >= 11 is 0. The van der Waals surface area contributed by atoms with E-state index in [1.54, 1.807) is 24.3 Å². The Bertz CT molecular complexity index is 790. The van der Waals surface area contributed by atoms with Gasteiger partial charge in [-0.05, 0) is 44.7 Å². The van der Waals surface area contributed by atoms with E-state index < -0.39 is 11.6 Å². The molecule has 2 aromatic carbocycles. The van der Waals surface area contributed by atoms with Gasteiger partial charge in [0.25, 0.3) is 0 Å². The fraction of sp³-hybridized carbons (Fsp3) is 0.480. The first kappa shape index (κ1) is 20.1. The lowest BCUT2D eigenvalue weighted by Crippen LogP contribution is -2.55. The molecule has 2 unspecified atom stereocenters. The van der Waals surface area contributed by atoms with Crippen molar-refractivity contribution < 1.29 is 14.6 Å². The maximum Gasteiger partial charge on any atom is 0.347 e. The van der Waals surface area contributed by atoms with Gasteiger partial charge in [0.15, 0.2) is 0 Å². The van der Waals surface area contributed by atoms with Gasteiger partial charge in [0.05, 0.1) is 0 Å². The molecular formula is C25H31NO3. The minimum absolute atomic E-state index is 0.121. The van der Waals surface area contributed by atoms with Crippen LogP contribution in [0.15, 0.2) is 60.7 Å². The van der Waals surface area contributed by atoms with Gasteiger partial charge in [0, 0.05) is 30.5 Å². The summed E-state index contributed by atoms with van der Waals surface area (Å²) in [7, 11) is 0. The molecule has 0 aliphatic carbocycles. The van der Waals surface area contributed by atoms with Crippen LogP contribution in [-0.2, 0) is 15.1 Å². The Morgan fingerprint density at radius 1 is 0.897 bits per heavy atom. The summed E-state index contributed by atoms with van der Waals surface area (Å²) < 4.78 is 5.99. The highest BCUT2D eigenvalue weighted by Crippen LogP contribution is 2.42. The van der Waals surface area contributed by atoms with Crippen LogP contribution in [0.4, 0.5) is 0 Å².